The Morgan fingerprint density at radius 1 is 1.21 bits per heavy atom. The van der Waals surface area contributed by atoms with Crippen LogP contribution in [0.5, 0.6) is 0 Å². The van der Waals surface area contributed by atoms with E-state index in [1.807, 2.05) is 6.92 Å². The van der Waals surface area contributed by atoms with Crippen molar-refractivity contribution in [3.05, 3.63) is 35.4 Å². The smallest absolute Gasteiger partial charge is 0.313 e. The minimum absolute atomic E-state index is 0.0940. The molecule has 0 radical (unpaired) electrons. The van der Waals surface area contributed by atoms with E-state index in [0.29, 0.717) is 18.4 Å². The Labute approximate surface area is 116 Å². The van der Waals surface area contributed by atoms with Gasteiger partial charge in [-0.2, -0.15) is 0 Å². The number of carbonyl (C=O) groups is 1. The molecule has 2 heteroatoms. The third kappa shape index (κ3) is 4.38. The van der Waals surface area contributed by atoms with Crippen LogP contribution in [0.2, 0.25) is 0 Å². The van der Waals surface area contributed by atoms with Crippen LogP contribution < -0.4 is 0 Å². The third-order valence-corrected chi connectivity index (χ3v) is 3.64. The lowest BCUT2D eigenvalue weighted by molar-refractivity contribution is -0.145. The molecular formula is C17H24O2. The van der Waals surface area contributed by atoms with Crippen molar-refractivity contribution in [3.8, 4) is 0 Å². The predicted octanol–water partition coefficient (Wildman–Crippen LogP) is 3.94. The highest BCUT2D eigenvalue weighted by Crippen LogP contribution is 2.29. The van der Waals surface area contributed by atoms with Gasteiger partial charge in [-0.05, 0) is 49.1 Å². The molecule has 0 N–H and O–H groups in total. The van der Waals surface area contributed by atoms with E-state index in [-0.39, 0.29) is 11.9 Å². The van der Waals surface area contributed by atoms with Gasteiger partial charge in [0.25, 0.3) is 0 Å². The van der Waals surface area contributed by atoms with Crippen LogP contribution in [-0.2, 0) is 16.0 Å². The normalized spacial score (nSPS) is 16.4. The Morgan fingerprint density at radius 2 is 1.84 bits per heavy atom. The number of ether oxygens (including phenoxy) is 1. The SMILES string of the molecule is CC(C)Cc1ccc(C(C)C(=O)OCC2CC2)cc1. The Kier molecular flexibility index (Phi) is 4.62. The quantitative estimate of drug-likeness (QED) is 0.724. The first kappa shape index (κ1) is 14.1. The summed E-state index contributed by atoms with van der Waals surface area (Å²) in [6.07, 6.45) is 3.51. The standard InChI is InChI=1S/C17H24O2/c1-12(2)10-14-6-8-16(9-7-14)13(3)17(18)19-11-15-4-5-15/h6-9,12-13,15H,4-5,10-11H2,1-3H3. The van der Waals surface area contributed by atoms with Crippen LogP contribution >= 0.6 is 0 Å². The molecule has 0 spiro atoms. The van der Waals surface area contributed by atoms with Crippen molar-refractivity contribution in [2.45, 2.75) is 46.0 Å². The van der Waals surface area contributed by atoms with Gasteiger partial charge in [0, 0.05) is 0 Å². The molecular weight excluding hydrogens is 236 g/mol. The molecule has 0 amide bonds. The molecule has 1 atom stereocenters. The van der Waals surface area contributed by atoms with Crippen LogP contribution in [0, 0.1) is 11.8 Å². The summed E-state index contributed by atoms with van der Waals surface area (Å²) >= 11 is 0. The monoisotopic (exact) mass is 260 g/mol. The molecule has 1 aliphatic rings. The lowest BCUT2D eigenvalue weighted by atomic mass is 9.97. The van der Waals surface area contributed by atoms with Gasteiger partial charge in [0.15, 0.2) is 0 Å². The molecule has 0 aliphatic heterocycles. The van der Waals surface area contributed by atoms with Gasteiger partial charge >= 0.3 is 5.97 Å². The van der Waals surface area contributed by atoms with Gasteiger partial charge in [-0.1, -0.05) is 38.1 Å². The van der Waals surface area contributed by atoms with Crippen molar-refractivity contribution >= 4 is 5.97 Å². The summed E-state index contributed by atoms with van der Waals surface area (Å²) < 4.78 is 5.34. The van der Waals surface area contributed by atoms with Crippen LogP contribution in [-0.4, -0.2) is 12.6 Å². The summed E-state index contributed by atoms with van der Waals surface area (Å²) in [6, 6.07) is 8.36. The topological polar surface area (TPSA) is 26.3 Å². The number of hydrogen-bond donors (Lipinski definition) is 0. The number of hydrogen-bond acceptors (Lipinski definition) is 2. The van der Waals surface area contributed by atoms with Gasteiger partial charge in [0.1, 0.15) is 0 Å². The van der Waals surface area contributed by atoms with Crippen LogP contribution in [0.3, 0.4) is 0 Å². The zero-order chi connectivity index (χ0) is 13.8. The van der Waals surface area contributed by atoms with E-state index in [0.717, 1.165) is 12.0 Å². The summed E-state index contributed by atoms with van der Waals surface area (Å²) in [5.41, 5.74) is 2.38. The Balaban J connectivity index is 1.90. The molecule has 2 rings (SSSR count). The molecule has 0 saturated heterocycles. The van der Waals surface area contributed by atoms with E-state index < -0.39 is 0 Å². The lowest BCUT2D eigenvalue weighted by Gasteiger charge is -2.12. The molecule has 19 heavy (non-hydrogen) atoms. The predicted molar refractivity (Wildman–Crippen MR) is 77.1 cm³/mol. The number of esters is 1. The van der Waals surface area contributed by atoms with Gasteiger partial charge in [0.05, 0.1) is 12.5 Å². The van der Waals surface area contributed by atoms with Gasteiger partial charge in [0.2, 0.25) is 0 Å². The molecule has 1 saturated carbocycles. The van der Waals surface area contributed by atoms with Gasteiger partial charge < -0.3 is 4.74 Å². The summed E-state index contributed by atoms with van der Waals surface area (Å²) in [5, 5.41) is 0. The summed E-state index contributed by atoms with van der Waals surface area (Å²) in [4.78, 5) is 11.9. The van der Waals surface area contributed by atoms with Crippen molar-refractivity contribution in [1.82, 2.24) is 0 Å². The maximum absolute atomic E-state index is 11.9. The van der Waals surface area contributed by atoms with Crippen molar-refractivity contribution in [3.63, 3.8) is 0 Å². The zero-order valence-electron chi connectivity index (χ0n) is 12.2. The molecule has 1 aliphatic carbocycles. The number of rotatable bonds is 6. The highest BCUT2D eigenvalue weighted by atomic mass is 16.5. The molecule has 0 bridgehead atoms. The van der Waals surface area contributed by atoms with Crippen LogP contribution in [0.15, 0.2) is 24.3 Å². The fraction of sp³-hybridized carbons (Fsp3) is 0.588. The number of benzene rings is 1. The van der Waals surface area contributed by atoms with E-state index in [1.165, 1.54) is 18.4 Å². The second-order valence-electron chi connectivity index (χ2n) is 6.13. The van der Waals surface area contributed by atoms with Gasteiger partial charge in [-0.15, -0.1) is 0 Å². The van der Waals surface area contributed by atoms with Gasteiger partial charge in [-0.3, -0.25) is 4.79 Å². The molecule has 0 heterocycles. The zero-order valence-corrected chi connectivity index (χ0v) is 12.2. The van der Waals surface area contributed by atoms with E-state index >= 15 is 0 Å². The summed E-state index contributed by atoms with van der Waals surface area (Å²) in [6.45, 7) is 6.96. The molecule has 2 nitrogen and oxygen atoms in total. The maximum Gasteiger partial charge on any atom is 0.313 e. The molecule has 0 aromatic heterocycles. The fourth-order valence-corrected chi connectivity index (χ4v) is 2.16. The second kappa shape index (κ2) is 6.23. The van der Waals surface area contributed by atoms with Crippen molar-refractivity contribution < 1.29 is 9.53 Å². The fourth-order valence-electron chi connectivity index (χ4n) is 2.16. The highest BCUT2D eigenvalue weighted by molar-refractivity contribution is 5.77. The Hall–Kier alpha value is -1.31. The molecule has 1 aromatic carbocycles. The van der Waals surface area contributed by atoms with Crippen molar-refractivity contribution in [2.75, 3.05) is 6.61 Å². The van der Waals surface area contributed by atoms with E-state index in [2.05, 4.69) is 38.1 Å². The number of carbonyl (C=O) groups excluding carboxylic acids is 1. The van der Waals surface area contributed by atoms with Crippen LogP contribution in [0.25, 0.3) is 0 Å². The average Bonchev–Trinajstić information content (AvgIpc) is 3.19. The van der Waals surface area contributed by atoms with Gasteiger partial charge in [-0.25, -0.2) is 0 Å². The first-order chi connectivity index (χ1) is 9.06. The van der Waals surface area contributed by atoms with Crippen molar-refractivity contribution in [1.29, 1.82) is 0 Å². The van der Waals surface area contributed by atoms with E-state index in [4.69, 9.17) is 4.74 Å². The molecule has 1 unspecified atom stereocenters. The molecule has 1 aromatic rings. The molecule has 1 fully saturated rings. The first-order valence-corrected chi connectivity index (χ1v) is 7.31. The minimum Gasteiger partial charge on any atom is -0.465 e. The average molecular weight is 260 g/mol. The van der Waals surface area contributed by atoms with Crippen LogP contribution in [0.1, 0.15) is 50.7 Å². The largest absolute Gasteiger partial charge is 0.465 e. The second-order valence-corrected chi connectivity index (χ2v) is 6.13. The molecule has 104 valence electrons. The minimum atomic E-state index is -0.160. The summed E-state index contributed by atoms with van der Waals surface area (Å²) in [7, 11) is 0. The highest BCUT2D eigenvalue weighted by Gasteiger charge is 2.25. The Bertz CT molecular complexity index is 415. The van der Waals surface area contributed by atoms with E-state index in [1.54, 1.807) is 0 Å². The van der Waals surface area contributed by atoms with Crippen LogP contribution in [0.4, 0.5) is 0 Å². The van der Waals surface area contributed by atoms with Crippen molar-refractivity contribution in [2.24, 2.45) is 11.8 Å². The first-order valence-electron chi connectivity index (χ1n) is 7.31. The van der Waals surface area contributed by atoms with E-state index in [9.17, 15) is 4.79 Å². The lowest BCUT2D eigenvalue weighted by Crippen LogP contribution is -2.14. The Morgan fingerprint density at radius 3 is 2.37 bits per heavy atom. The third-order valence-electron chi connectivity index (χ3n) is 3.64. The maximum atomic E-state index is 11.9. The summed E-state index contributed by atoms with van der Waals surface area (Å²) in [5.74, 6) is 1.03.